The second kappa shape index (κ2) is 4.87. The van der Waals surface area contributed by atoms with Crippen LogP contribution in [0.1, 0.15) is 25.0 Å². The largest absolute Gasteiger partial charge is 0.462 e. The van der Waals surface area contributed by atoms with Gasteiger partial charge in [-0.05, 0) is 65.7 Å². The van der Waals surface area contributed by atoms with E-state index < -0.39 is 5.72 Å². The van der Waals surface area contributed by atoms with Crippen LogP contribution in [0.15, 0.2) is 51.4 Å². The number of likely N-dealkylation sites (N-methyl/N-ethyl adjacent to an activating group) is 1. The van der Waals surface area contributed by atoms with Gasteiger partial charge in [0.05, 0.1) is 9.89 Å². The van der Waals surface area contributed by atoms with Crippen LogP contribution in [0.2, 0.25) is 0 Å². The van der Waals surface area contributed by atoms with Gasteiger partial charge in [0.1, 0.15) is 5.75 Å². The third-order valence-corrected chi connectivity index (χ3v) is 6.16. The highest BCUT2D eigenvalue weighted by molar-refractivity contribution is 9.11. The summed E-state index contributed by atoms with van der Waals surface area (Å²) in [4.78, 5) is 2.25. The molecule has 0 aromatic heterocycles. The molecule has 0 amide bonds. The van der Waals surface area contributed by atoms with Crippen molar-refractivity contribution in [1.29, 1.82) is 0 Å². The number of fused-ring (bicyclic) bond motifs is 2. The summed E-state index contributed by atoms with van der Waals surface area (Å²) < 4.78 is 8.65. The molecule has 2 nitrogen and oxygen atoms in total. The molecule has 0 aliphatic carbocycles. The minimum Gasteiger partial charge on any atom is -0.462 e. The molecule has 2 aromatic carbocycles. The van der Waals surface area contributed by atoms with E-state index in [1.807, 2.05) is 6.07 Å². The standard InChI is InChI=1S/C19H17Br2NO/c1-18(2)14-6-4-5-7-16(14)22(3)19(18)9-8-12-10-13(20)11-15(21)17(12)23-19/h4-11H,1-3H3. The van der Waals surface area contributed by atoms with E-state index in [9.17, 15) is 0 Å². The van der Waals surface area contributed by atoms with Gasteiger partial charge >= 0.3 is 0 Å². The Labute approximate surface area is 153 Å². The molecular formula is C19H17Br2NO. The Kier molecular flexibility index (Phi) is 3.23. The summed E-state index contributed by atoms with van der Waals surface area (Å²) in [5.41, 5.74) is 2.92. The van der Waals surface area contributed by atoms with Gasteiger partial charge in [-0.15, -0.1) is 0 Å². The van der Waals surface area contributed by atoms with Crippen LogP contribution in [0.5, 0.6) is 5.75 Å². The second-order valence-electron chi connectivity index (χ2n) is 6.64. The number of hydrogen-bond donors (Lipinski definition) is 0. The van der Waals surface area contributed by atoms with Crippen LogP contribution in [-0.2, 0) is 5.41 Å². The van der Waals surface area contributed by atoms with E-state index in [4.69, 9.17) is 4.74 Å². The first-order valence-corrected chi connectivity index (χ1v) is 9.16. The highest BCUT2D eigenvalue weighted by atomic mass is 79.9. The van der Waals surface area contributed by atoms with Gasteiger partial charge in [0.2, 0.25) is 5.72 Å². The molecule has 4 rings (SSSR count). The minimum atomic E-state index is -0.528. The number of halogens is 2. The number of ether oxygens (including phenoxy) is 1. The number of rotatable bonds is 0. The maximum Gasteiger partial charge on any atom is 0.211 e. The van der Waals surface area contributed by atoms with E-state index in [1.54, 1.807) is 0 Å². The molecule has 1 unspecified atom stereocenters. The Bertz CT molecular complexity index is 843. The molecule has 2 aliphatic rings. The van der Waals surface area contributed by atoms with E-state index in [-0.39, 0.29) is 5.41 Å². The van der Waals surface area contributed by atoms with Gasteiger partial charge < -0.3 is 9.64 Å². The molecule has 2 heterocycles. The summed E-state index contributed by atoms with van der Waals surface area (Å²) >= 11 is 7.19. The lowest BCUT2D eigenvalue weighted by molar-refractivity contribution is 0.0573. The number of hydrogen-bond acceptors (Lipinski definition) is 2. The minimum absolute atomic E-state index is 0.168. The molecule has 0 radical (unpaired) electrons. The zero-order valence-corrected chi connectivity index (χ0v) is 16.4. The Morgan fingerprint density at radius 3 is 2.57 bits per heavy atom. The van der Waals surface area contributed by atoms with Crippen molar-refractivity contribution in [3.8, 4) is 5.75 Å². The van der Waals surface area contributed by atoms with E-state index >= 15 is 0 Å². The monoisotopic (exact) mass is 433 g/mol. The topological polar surface area (TPSA) is 12.5 Å². The third-order valence-electron chi connectivity index (χ3n) is 5.12. The number of benzene rings is 2. The molecule has 1 atom stereocenters. The predicted octanol–water partition coefficient (Wildman–Crippen LogP) is 5.74. The van der Waals surface area contributed by atoms with Crippen molar-refractivity contribution in [2.45, 2.75) is 25.0 Å². The molecule has 1 spiro atoms. The SMILES string of the molecule is CN1c2ccccc2C(C)(C)C12C=Cc1cc(Br)cc(Br)c1O2. The lowest BCUT2D eigenvalue weighted by atomic mass is 9.76. The van der Waals surface area contributed by atoms with Gasteiger partial charge in [-0.1, -0.05) is 34.1 Å². The van der Waals surface area contributed by atoms with E-state index in [0.717, 1.165) is 20.3 Å². The van der Waals surface area contributed by atoms with Gasteiger partial charge in [-0.3, -0.25) is 0 Å². The fourth-order valence-corrected chi connectivity index (χ4v) is 5.15. The van der Waals surface area contributed by atoms with Crippen molar-refractivity contribution >= 4 is 43.6 Å². The summed E-state index contributed by atoms with van der Waals surface area (Å²) in [6.45, 7) is 4.49. The Hall–Kier alpha value is -1.26. The molecule has 0 fully saturated rings. The van der Waals surface area contributed by atoms with Gasteiger partial charge in [-0.2, -0.15) is 0 Å². The van der Waals surface area contributed by atoms with Gasteiger partial charge in [0.15, 0.2) is 0 Å². The first-order chi connectivity index (χ1) is 10.9. The first kappa shape index (κ1) is 15.3. The van der Waals surface area contributed by atoms with Crippen LogP contribution in [0.25, 0.3) is 6.08 Å². The average molecular weight is 435 g/mol. The van der Waals surface area contributed by atoms with E-state index in [0.29, 0.717) is 0 Å². The average Bonchev–Trinajstić information content (AvgIpc) is 2.68. The predicted molar refractivity (Wildman–Crippen MR) is 102 cm³/mol. The lowest BCUT2D eigenvalue weighted by Crippen LogP contribution is -2.58. The molecule has 23 heavy (non-hydrogen) atoms. The number of anilines is 1. The second-order valence-corrected chi connectivity index (χ2v) is 8.41. The van der Waals surface area contributed by atoms with Crippen molar-refractivity contribution in [2.75, 3.05) is 11.9 Å². The summed E-state index contributed by atoms with van der Waals surface area (Å²) in [5, 5.41) is 0. The van der Waals surface area contributed by atoms with Gasteiger partial charge in [-0.25, -0.2) is 0 Å². The van der Waals surface area contributed by atoms with Crippen LogP contribution in [0.3, 0.4) is 0 Å². The normalized spacial score (nSPS) is 23.6. The Balaban J connectivity index is 1.92. The fraction of sp³-hybridized carbons (Fsp3) is 0.263. The number of para-hydroxylation sites is 1. The lowest BCUT2D eigenvalue weighted by Gasteiger charge is -2.46. The molecule has 0 N–H and O–H groups in total. The van der Waals surface area contributed by atoms with Crippen LogP contribution < -0.4 is 9.64 Å². The summed E-state index contributed by atoms with van der Waals surface area (Å²) in [6, 6.07) is 12.7. The third kappa shape index (κ3) is 1.91. The van der Waals surface area contributed by atoms with Crippen molar-refractivity contribution < 1.29 is 4.74 Å². The molecule has 2 aromatic rings. The molecule has 0 bridgehead atoms. The maximum absolute atomic E-state index is 6.65. The maximum atomic E-state index is 6.65. The van der Waals surface area contributed by atoms with Crippen molar-refractivity contribution in [1.82, 2.24) is 0 Å². The van der Waals surface area contributed by atoms with Gasteiger partial charge in [0.25, 0.3) is 0 Å². The van der Waals surface area contributed by atoms with Gasteiger partial charge in [0, 0.05) is 22.8 Å². The van der Waals surface area contributed by atoms with Crippen LogP contribution in [0.4, 0.5) is 5.69 Å². The fourth-order valence-electron chi connectivity index (χ4n) is 3.81. The van der Waals surface area contributed by atoms with Crippen molar-refractivity contribution in [3.05, 3.63) is 62.5 Å². The van der Waals surface area contributed by atoms with Crippen LogP contribution >= 0.6 is 31.9 Å². The summed E-state index contributed by atoms with van der Waals surface area (Å²) in [5.74, 6) is 0.892. The smallest absolute Gasteiger partial charge is 0.211 e. The first-order valence-electron chi connectivity index (χ1n) is 7.57. The van der Waals surface area contributed by atoms with E-state index in [1.165, 1.54) is 11.3 Å². The molecule has 118 valence electrons. The molecule has 0 saturated heterocycles. The Morgan fingerprint density at radius 2 is 1.83 bits per heavy atom. The molecular weight excluding hydrogens is 418 g/mol. The van der Waals surface area contributed by atoms with Crippen LogP contribution in [0, 0.1) is 0 Å². The van der Waals surface area contributed by atoms with Crippen molar-refractivity contribution in [2.24, 2.45) is 0 Å². The quantitative estimate of drug-likeness (QED) is 0.524. The van der Waals surface area contributed by atoms with E-state index in [2.05, 4.69) is 100 Å². The highest BCUT2D eigenvalue weighted by Gasteiger charge is 2.57. The Morgan fingerprint density at radius 1 is 1.09 bits per heavy atom. The zero-order chi connectivity index (χ0) is 16.4. The van der Waals surface area contributed by atoms with Crippen molar-refractivity contribution in [3.63, 3.8) is 0 Å². The summed E-state index contributed by atoms with van der Waals surface area (Å²) in [7, 11) is 2.11. The molecule has 0 saturated carbocycles. The number of nitrogens with zero attached hydrogens (tertiary/aromatic N) is 1. The zero-order valence-electron chi connectivity index (χ0n) is 13.2. The molecule has 2 aliphatic heterocycles. The van der Waals surface area contributed by atoms with Crippen LogP contribution in [-0.4, -0.2) is 12.8 Å². The molecule has 4 heteroatoms. The highest BCUT2D eigenvalue weighted by Crippen LogP contribution is 2.55. The summed E-state index contributed by atoms with van der Waals surface area (Å²) in [6.07, 6.45) is 4.35.